The summed E-state index contributed by atoms with van der Waals surface area (Å²) in [5, 5.41) is 8.71. The van der Waals surface area contributed by atoms with Gasteiger partial charge in [0.2, 0.25) is 0 Å². The molecule has 8 aromatic carbocycles. The summed E-state index contributed by atoms with van der Waals surface area (Å²) in [6.07, 6.45) is 3.18. The average Bonchev–Trinajstić information content (AvgIpc) is 3.48. The quantitative estimate of drug-likeness (QED) is 0.105. The smallest absolute Gasteiger partial charge is 0.255 e. The number of hydrogen-bond donors (Lipinski definition) is 0. The third-order valence-corrected chi connectivity index (χ3v) is 11.0. The molecule has 0 radical (unpaired) electrons. The van der Waals surface area contributed by atoms with Gasteiger partial charge in [0.1, 0.15) is 5.82 Å². The highest BCUT2D eigenvalue weighted by atomic mass is 16.5. The zero-order chi connectivity index (χ0) is 34.9. The second-order valence-electron chi connectivity index (χ2n) is 14.0. The van der Waals surface area contributed by atoms with E-state index in [1.807, 2.05) is 0 Å². The van der Waals surface area contributed by atoms with E-state index in [1.165, 1.54) is 65.5 Å². The van der Waals surface area contributed by atoms with E-state index in [-0.39, 0.29) is 0 Å². The van der Waals surface area contributed by atoms with Crippen LogP contribution in [0.3, 0.4) is 0 Å². The average molecular weight is 681 g/mol. The van der Waals surface area contributed by atoms with E-state index in [4.69, 9.17) is 9.72 Å². The molecule has 3 heterocycles. The highest BCUT2D eigenvalue weighted by Gasteiger charge is 2.23. The van der Waals surface area contributed by atoms with E-state index in [0.717, 1.165) is 53.4 Å². The van der Waals surface area contributed by atoms with Crippen LogP contribution >= 0.6 is 0 Å². The minimum atomic E-state index is 0.736. The van der Waals surface area contributed by atoms with Crippen molar-refractivity contribution in [3.63, 3.8) is 0 Å². The first-order valence-corrected chi connectivity index (χ1v) is 18.4. The van der Waals surface area contributed by atoms with Crippen LogP contribution < -0.4 is 9.30 Å². The van der Waals surface area contributed by atoms with Gasteiger partial charge in [0.25, 0.3) is 5.52 Å². The molecule has 0 saturated heterocycles. The normalized spacial score (nSPS) is 12.8. The van der Waals surface area contributed by atoms with Crippen molar-refractivity contribution >= 4 is 54.3 Å². The SMILES string of the molecule is c1ccc(-n2c(-c3ccc(-c4cccc5c4ccc4c(-c6ccc7c8c6ccc[n+]8CCCO7)c6ccccc6cc45)cc3)nc3ccccc32)cc1. The fraction of sp³-hybridized carbons (Fsp3) is 0.0612. The molecule has 250 valence electrons. The van der Waals surface area contributed by atoms with Crippen LogP contribution in [0.2, 0.25) is 0 Å². The highest BCUT2D eigenvalue weighted by Crippen LogP contribution is 2.44. The minimum Gasteiger partial charge on any atom is -0.487 e. The molecule has 0 fully saturated rings. The monoisotopic (exact) mass is 680 g/mol. The number of nitrogens with zero attached hydrogens (tertiary/aromatic N) is 3. The van der Waals surface area contributed by atoms with Crippen LogP contribution in [0, 0.1) is 0 Å². The molecule has 0 saturated carbocycles. The topological polar surface area (TPSA) is 30.9 Å². The van der Waals surface area contributed by atoms with Crippen LogP contribution in [-0.4, -0.2) is 16.2 Å². The van der Waals surface area contributed by atoms with Gasteiger partial charge in [-0.1, -0.05) is 109 Å². The van der Waals surface area contributed by atoms with Crippen molar-refractivity contribution in [2.45, 2.75) is 13.0 Å². The van der Waals surface area contributed by atoms with Crippen molar-refractivity contribution in [2.24, 2.45) is 0 Å². The van der Waals surface area contributed by atoms with Crippen LogP contribution in [0.4, 0.5) is 0 Å². The maximum Gasteiger partial charge on any atom is 0.255 e. The Morgan fingerprint density at radius 3 is 2.25 bits per heavy atom. The molecule has 0 atom stereocenters. The first kappa shape index (κ1) is 29.9. The molecule has 2 aromatic heterocycles. The first-order chi connectivity index (χ1) is 26.3. The molecule has 4 nitrogen and oxygen atoms in total. The molecule has 0 bridgehead atoms. The zero-order valence-electron chi connectivity index (χ0n) is 29.0. The predicted molar refractivity (Wildman–Crippen MR) is 218 cm³/mol. The molecule has 0 amide bonds. The number of imidazole rings is 1. The maximum atomic E-state index is 6.25. The largest absolute Gasteiger partial charge is 0.487 e. The fourth-order valence-corrected chi connectivity index (χ4v) is 8.61. The summed E-state index contributed by atoms with van der Waals surface area (Å²) in [6.45, 7) is 1.69. The van der Waals surface area contributed by atoms with E-state index in [9.17, 15) is 0 Å². The summed E-state index contributed by atoms with van der Waals surface area (Å²) in [5.74, 6) is 1.90. The lowest BCUT2D eigenvalue weighted by atomic mass is 9.87. The lowest BCUT2D eigenvalue weighted by Gasteiger charge is -2.17. The molecule has 11 rings (SSSR count). The Bertz CT molecular complexity index is 3040. The van der Waals surface area contributed by atoms with Gasteiger partial charge in [-0.3, -0.25) is 4.57 Å². The van der Waals surface area contributed by atoms with E-state index in [2.05, 4.69) is 179 Å². The summed E-state index contributed by atoms with van der Waals surface area (Å²) in [5.41, 5.74) is 10.3. The maximum absolute atomic E-state index is 6.25. The van der Waals surface area contributed by atoms with Crippen molar-refractivity contribution in [1.29, 1.82) is 0 Å². The number of benzene rings is 8. The van der Waals surface area contributed by atoms with E-state index in [0.29, 0.717) is 0 Å². The Morgan fingerprint density at radius 1 is 0.547 bits per heavy atom. The number of ether oxygens (including phenoxy) is 1. The summed E-state index contributed by atoms with van der Waals surface area (Å²) >= 11 is 0. The highest BCUT2D eigenvalue weighted by molar-refractivity contribution is 6.23. The Morgan fingerprint density at radius 2 is 1.32 bits per heavy atom. The molecule has 0 N–H and O–H groups in total. The van der Waals surface area contributed by atoms with Crippen molar-refractivity contribution in [2.75, 3.05) is 6.61 Å². The van der Waals surface area contributed by atoms with Gasteiger partial charge in [-0.2, -0.15) is 4.57 Å². The van der Waals surface area contributed by atoms with Gasteiger partial charge in [-0.15, -0.1) is 0 Å². The van der Waals surface area contributed by atoms with Gasteiger partial charge < -0.3 is 4.74 Å². The molecule has 0 spiro atoms. The van der Waals surface area contributed by atoms with Crippen LogP contribution in [0.15, 0.2) is 170 Å². The van der Waals surface area contributed by atoms with E-state index >= 15 is 0 Å². The summed E-state index contributed by atoms with van der Waals surface area (Å²) in [7, 11) is 0. The van der Waals surface area contributed by atoms with E-state index < -0.39 is 0 Å². The van der Waals surface area contributed by atoms with Gasteiger partial charge in [0, 0.05) is 23.7 Å². The molecule has 53 heavy (non-hydrogen) atoms. The van der Waals surface area contributed by atoms with Gasteiger partial charge in [-0.05, 0) is 103 Å². The number of pyridine rings is 1. The summed E-state index contributed by atoms with van der Waals surface area (Å²) in [6, 6.07) is 59.2. The molecule has 1 aliphatic rings. The fourth-order valence-electron chi connectivity index (χ4n) is 8.61. The third kappa shape index (κ3) is 4.69. The lowest BCUT2D eigenvalue weighted by Crippen LogP contribution is -2.33. The Hall–Kier alpha value is -6.78. The second-order valence-corrected chi connectivity index (χ2v) is 14.0. The van der Waals surface area contributed by atoms with E-state index in [1.54, 1.807) is 0 Å². The zero-order valence-corrected chi connectivity index (χ0v) is 29.0. The number of rotatable bonds is 4. The standard InChI is InChI=1S/C49H34N3O/c1-2-12-35(13-3-1)52-45-19-7-6-18-44(45)50-49(52)33-22-20-32(21-23-33)36-15-8-16-38-39(36)24-25-41-43(38)31-34-11-4-5-14-37(34)47(41)40-26-27-46-48-42(40)17-9-28-51(48)29-10-30-53-46/h1-9,11-28,31H,10,29-30H2/q+1. The van der Waals surface area contributed by atoms with Crippen molar-refractivity contribution < 1.29 is 9.30 Å². The molecular weight excluding hydrogens is 647 g/mol. The molecule has 0 aliphatic carbocycles. The molecule has 4 heteroatoms. The van der Waals surface area contributed by atoms with Crippen LogP contribution in [0.5, 0.6) is 5.75 Å². The molecule has 0 unspecified atom stereocenters. The van der Waals surface area contributed by atoms with Crippen LogP contribution in [-0.2, 0) is 6.54 Å². The van der Waals surface area contributed by atoms with Gasteiger partial charge in [-0.25, -0.2) is 4.98 Å². The summed E-state index contributed by atoms with van der Waals surface area (Å²) in [4.78, 5) is 5.10. The summed E-state index contributed by atoms with van der Waals surface area (Å²) < 4.78 is 10.9. The predicted octanol–water partition coefficient (Wildman–Crippen LogP) is 11.7. The Kier molecular flexibility index (Phi) is 6.71. The number of para-hydroxylation sites is 3. The second kappa shape index (κ2) is 11.9. The Balaban J connectivity index is 1.09. The molecular formula is C49H34N3O+. The lowest BCUT2D eigenvalue weighted by molar-refractivity contribution is -0.670. The van der Waals surface area contributed by atoms with Gasteiger partial charge in [0.05, 0.1) is 23.0 Å². The Labute approximate surface area is 306 Å². The first-order valence-electron chi connectivity index (χ1n) is 18.4. The molecule has 1 aliphatic heterocycles. The van der Waals surface area contributed by atoms with Crippen LogP contribution in [0.25, 0.3) is 93.6 Å². The van der Waals surface area contributed by atoms with Crippen molar-refractivity contribution in [1.82, 2.24) is 9.55 Å². The number of hydrogen-bond acceptors (Lipinski definition) is 2. The number of fused-ring (bicyclic) bond motifs is 5. The number of aromatic nitrogens is 3. The number of aryl methyl sites for hydroxylation is 1. The van der Waals surface area contributed by atoms with Gasteiger partial charge in [0.15, 0.2) is 18.5 Å². The third-order valence-electron chi connectivity index (χ3n) is 11.0. The molecule has 10 aromatic rings. The van der Waals surface area contributed by atoms with Crippen molar-refractivity contribution in [3.8, 4) is 45.1 Å². The van der Waals surface area contributed by atoms with Crippen molar-refractivity contribution in [3.05, 3.63) is 170 Å². The minimum absolute atomic E-state index is 0.736. The van der Waals surface area contributed by atoms with Crippen LogP contribution in [0.1, 0.15) is 6.42 Å². The van der Waals surface area contributed by atoms with Gasteiger partial charge >= 0.3 is 0 Å².